The maximum Gasteiger partial charge on any atom is 0.162 e. The van der Waals surface area contributed by atoms with Crippen LogP contribution in [0, 0.1) is 0 Å². The van der Waals surface area contributed by atoms with Gasteiger partial charge in [0, 0.05) is 11.3 Å². The zero-order valence-electron chi connectivity index (χ0n) is 14.2. The van der Waals surface area contributed by atoms with Crippen LogP contribution in [-0.2, 0) is 0 Å². The molecule has 0 amide bonds. The van der Waals surface area contributed by atoms with Crippen LogP contribution in [0.4, 0.5) is 5.69 Å². The Morgan fingerprint density at radius 3 is 2.29 bits per heavy atom. The number of anilines is 1. The first kappa shape index (κ1) is 16.1. The van der Waals surface area contributed by atoms with Crippen molar-refractivity contribution in [2.24, 2.45) is 5.10 Å². The molecule has 24 heavy (non-hydrogen) atoms. The van der Waals surface area contributed by atoms with Crippen LogP contribution >= 0.6 is 0 Å². The fourth-order valence-electron chi connectivity index (χ4n) is 2.69. The Kier molecular flexibility index (Phi) is 5.12. The maximum absolute atomic E-state index is 4.90. The second kappa shape index (κ2) is 7.64. The van der Waals surface area contributed by atoms with Crippen molar-refractivity contribution in [3.8, 4) is 0 Å². The average molecular weight is 317 g/mol. The molecule has 3 heteroatoms. The molecule has 2 aromatic carbocycles. The summed E-state index contributed by atoms with van der Waals surface area (Å²) in [7, 11) is 0. The van der Waals surface area contributed by atoms with Gasteiger partial charge in [0.15, 0.2) is 5.84 Å². The molecule has 1 heterocycles. The minimum absolute atomic E-state index is 0.230. The van der Waals surface area contributed by atoms with E-state index in [2.05, 4.69) is 77.5 Å². The van der Waals surface area contributed by atoms with E-state index in [-0.39, 0.29) is 6.04 Å². The van der Waals surface area contributed by atoms with Crippen molar-refractivity contribution >= 4 is 11.5 Å². The Bertz CT molecular complexity index is 732. The highest BCUT2D eigenvalue weighted by atomic mass is 15.6. The normalized spacial score (nSPS) is 16.2. The van der Waals surface area contributed by atoms with Gasteiger partial charge in [-0.1, -0.05) is 72.8 Å². The summed E-state index contributed by atoms with van der Waals surface area (Å²) >= 11 is 0. The molecule has 0 fully saturated rings. The van der Waals surface area contributed by atoms with Crippen molar-refractivity contribution in [1.29, 1.82) is 0 Å². The monoisotopic (exact) mass is 317 g/mol. The fraction of sp³-hybridized carbons (Fsp3) is 0.190. The first-order valence-electron chi connectivity index (χ1n) is 8.32. The highest BCUT2D eigenvalue weighted by Crippen LogP contribution is 2.24. The molecule has 1 aliphatic heterocycles. The number of hydrogen-bond donors (Lipinski definition) is 0. The van der Waals surface area contributed by atoms with Gasteiger partial charge in [-0.25, -0.2) is 0 Å². The first-order chi connectivity index (χ1) is 11.8. The Balaban J connectivity index is 1.91. The molecule has 0 aliphatic carbocycles. The summed E-state index contributed by atoms with van der Waals surface area (Å²) in [6.45, 7) is 4.93. The number of hydrogen-bond acceptors (Lipinski definition) is 3. The summed E-state index contributed by atoms with van der Waals surface area (Å²) in [4.78, 5) is 2.26. The third-order valence-electron chi connectivity index (χ3n) is 4.03. The maximum atomic E-state index is 4.90. The summed E-state index contributed by atoms with van der Waals surface area (Å²) in [6, 6.07) is 21.0. The van der Waals surface area contributed by atoms with Crippen LogP contribution in [0.2, 0.25) is 0 Å². The molecule has 3 nitrogen and oxygen atoms in total. The minimum Gasteiger partial charge on any atom is -0.305 e. The van der Waals surface area contributed by atoms with Crippen LogP contribution in [0.15, 0.2) is 90.1 Å². The Morgan fingerprint density at radius 2 is 1.62 bits per heavy atom. The van der Waals surface area contributed by atoms with Crippen LogP contribution in [0.25, 0.3) is 0 Å². The van der Waals surface area contributed by atoms with Crippen molar-refractivity contribution in [3.63, 3.8) is 0 Å². The van der Waals surface area contributed by atoms with Crippen molar-refractivity contribution in [3.05, 3.63) is 90.5 Å². The third kappa shape index (κ3) is 3.57. The smallest absolute Gasteiger partial charge is 0.162 e. The summed E-state index contributed by atoms with van der Waals surface area (Å²) in [5, 5.41) is 7.02. The summed E-state index contributed by atoms with van der Waals surface area (Å²) in [5.74, 6) is 0.994. The number of allylic oxidation sites excluding steroid dienone is 3. The molecule has 1 aliphatic rings. The van der Waals surface area contributed by atoms with Gasteiger partial charge < -0.3 is 4.90 Å². The van der Waals surface area contributed by atoms with E-state index in [1.165, 1.54) is 0 Å². The first-order valence-corrected chi connectivity index (χ1v) is 8.32. The van der Waals surface area contributed by atoms with E-state index in [1.807, 2.05) is 31.2 Å². The van der Waals surface area contributed by atoms with Gasteiger partial charge >= 0.3 is 0 Å². The van der Waals surface area contributed by atoms with Crippen LogP contribution < -0.4 is 4.90 Å². The van der Waals surface area contributed by atoms with E-state index in [0.29, 0.717) is 0 Å². The lowest BCUT2D eigenvalue weighted by atomic mass is 10.2. The van der Waals surface area contributed by atoms with Crippen molar-refractivity contribution in [2.75, 3.05) is 11.6 Å². The summed E-state index contributed by atoms with van der Waals surface area (Å²) in [6.07, 6.45) is 8.32. The molecular formula is C21H23N3. The zero-order chi connectivity index (χ0) is 16.8. The summed E-state index contributed by atoms with van der Waals surface area (Å²) in [5.41, 5.74) is 2.29. The number of hydrazone groups is 1. The van der Waals surface area contributed by atoms with E-state index in [1.54, 1.807) is 0 Å². The molecule has 3 rings (SSSR count). The number of amidine groups is 1. The Morgan fingerprint density at radius 1 is 0.958 bits per heavy atom. The number of benzene rings is 2. The fourth-order valence-corrected chi connectivity index (χ4v) is 2.69. The number of nitrogens with zero attached hydrogens (tertiary/aromatic N) is 3. The second-order valence-corrected chi connectivity index (χ2v) is 5.79. The highest BCUT2D eigenvalue weighted by Gasteiger charge is 2.27. The van der Waals surface area contributed by atoms with E-state index in [9.17, 15) is 0 Å². The van der Waals surface area contributed by atoms with Crippen molar-refractivity contribution in [1.82, 2.24) is 5.01 Å². The van der Waals surface area contributed by atoms with Gasteiger partial charge in [-0.2, -0.15) is 5.10 Å². The van der Waals surface area contributed by atoms with E-state index in [4.69, 9.17) is 5.10 Å². The predicted octanol–water partition coefficient (Wildman–Crippen LogP) is 4.65. The SMILES string of the molecule is C/C=C\C=C/C(C)N1CN(c2ccccc2)C(c2ccccc2)=N1. The molecule has 0 spiro atoms. The molecule has 0 saturated heterocycles. The lowest BCUT2D eigenvalue weighted by Crippen LogP contribution is -2.34. The second-order valence-electron chi connectivity index (χ2n) is 5.79. The van der Waals surface area contributed by atoms with Crippen LogP contribution in [0.1, 0.15) is 19.4 Å². The molecule has 0 N–H and O–H groups in total. The molecule has 0 radical (unpaired) electrons. The zero-order valence-corrected chi connectivity index (χ0v) is 14.2. The van der Waals surface area contributed by atoms with Crippen LogP contribution in [0.5, 0.6) is 0 Å². The molecule has 1 unspecified atom stereocenters. The van der Waals surface area contributed by atoms with E-state index < -0.39 is 0 Å². The Hall–Kier alpha value is -2.81. The van der Waals surface area contributed by atoms with Crippen LogP contribution in [-0.4, -0.2) is 23.6 Å². The standard InChI is InChI=1S/C21H23N3/c1-3-4-7-12-18(2)24-17-23(20-15-10-6-11-16-20)21(22-24)19-13-8-5-9-14-19/h3-16,18H,17H2,1-2H3/b4-3-,12-7-. The van der Waals surface area contributed by atoms with Gasteiger partial charge in [-0.15, -0.1) is 0 Å². The molecule has 2 aromatic rings. The number of rotatable bonds is 5. The van der Waals surface area contributed by atoms with Gasteiger partial charge in [-0.3, -0.25) is 5.01 Å². The molecule has 122 valence electrons. The molecule has 0 saturated carbocycles. The van der Waals surface area contributed by atoms with Gasteiger partial charge in [0.25, 0.3) is 0 Å². The molecule has 0 bridgehead atoms. The lowest BCUT2D eigenvalue weighted by molar-refractivity contribution is 0.281. The molecule has 0 aromatic heterocycles. The Labute approximate surface area is 144 Å². The quantitative estimate of drug-likeness (QED) is 0.748. The van der Waals surface area contributed by atoms with Gasteiger partial charge in [0.05, 0.1) is 6.04 Å². The van der Waals surface area contributed by atoms with Gasteiger partial charge in [-0.05, 0) is 26.0 Å². The predicted molar refractivity (Wildman–Crippen MR) is 102 cm³/mol. The van der Waals surface area contributed by atoms with Crippen molar-refractivity contribution < 1.29 is 0 Å². The molecular weight excluding hydrogens is 294 g/mol. The third-order valence-corrected chi connectivity index (χ3v) is 4.03. The van der Waals surface area contributed by atoms with Crippen LogP contribution in [0.3, 0.4) is 0 Å². The number of para-hydroxylation sites is 1. The lowest BCUT2D eigenvalue weighted by Gasteiger charge is -2.23. The van der Waals surface area contributed by atoms with E-state index >= 15 is 0 Å². The average Bonchev–Trinajstić information content (AvgIpc) is 3.09. The summed E-state index contributed by atoms with van der Waals surface area (Å²) < 4.78 is 0. The minimum atomic E-state index is 0.230. The van der Waals surface area contributed by atoms with E-state index in [0.717, 1.165) is 23.8 Å². The van der Waals surface area contributed by atoms with Gasteiger partial charge in [0.1, 0.15) is 6.67 Å². The topological polar surface area (TPSA) is 18.8 Å². The van der Waals surface area contributed by atoms with Crippen molar-refractivity contribution in [2.45, 2.75) is 19.9 Å². The largest absolute Gasteiger partial charge is 0.305 e. The van der Waals surface area contributed by atoms with Gasteiger partial charge in [0.2, 0.25) is 0 Å². The highest BCUT2D eigenvalue weighted by molar-refractivity contribution is 6.10. The molecule has 1 atom stereocenters.